The minimum absolute atomic E-state index is 0.255. The summed E-state index contributed by atoms with van der Waals surface area (Å²) in [5.41, 5.74) is 6.00. The topological polar surface area (TPSA) is 43.1 Å². The standard InChI is InChI=1S/C20H16FNO/c21-18-14-8-7-13-17(18)20(19(22)23,15-9-3-1-4-10-15)16-11-5-2-6-12-16/h1-14H,(H2,22,23). The number of hydrogen-bond donors (Lipinski definition) is 1. The van der Waals surface area contributed by atoms with Crippen molar-refractivity contribution in [1.29, 1.82) is 0 Å². The second kappa shape index (κ2) is 6.05. The molecule has 114 valence electrons. The van der Waals surface area contributed by atoms with E-state index in [0.717, 1.165) is 0 Å². The van der Waals surface area contributed by atoms with Crippen LogP contribution in [0.3, 0.4) is 0 Å². The van der Waals surface area contributed by atoms with Crippen LogP contribution in [0.4, 0.5) is 4.39 Å². The van der Waals surface area contributed by atoms with Crippen LogP contribution in [-0.4, -0.2) is 5.91 Å². The predicted molar refractivity (Wildman–Crippen MR) is 88.4 cm³/mol. The minimum atomic E-state index is -1.37. The van der Waals surface area contributed by atoms with Gasteiger partial charge in [-0.05, 0) is 17.2 Å². The number of carbonyl (C=O) groups excluding carboxylic acids is 1. The number of hydrogen-bond acceptors (Lipinski definition) is 1. The molecule has 23 heavy (non-hydrogen) atoms. The van der Waals surface area contributed by atoms with E-state index in [4.69, 9.17) is 5.73 Å². The summed E-state index contributed by atoms with van der Waals surface area (Å²) >= 11 is 0. The van der Waals surface area contributed by atoms with Gasteiger partial charge in [0.2, 0.25) is 5.91 Å². The summed E-state index contributed by atoms with van der Waals surface area (Å²) in [5.74, 6) is -1.07. The zero-order chi connectivity index (χ0) is 16.3. The average molecular weight is 305 g/mol. The molecule has 3 heteroatoms. The summed E-state index contributed by atoms with van der Waals surface area (Å²) in [7, 11) is 0. The highest BCUT2D eigenvalue weighted by Gasteiger charge is 2.43. The molecule has 1 amide bonds. The third-order valence-corrected chi connectivity index (χ3v) is 4.06. The molecule has 3 aromatic carbocycles. The third kappa shape index (κ3) is 2.40. The number of rotatable bonds is 4. The van der Waals surface area contributed by atoms with Gasteiger partial charge in [0.05, 0.1) is 0 Å². The van der Waals surface area contributed by atoms with Gasteiger partial charge in [0.15, 0.2) is 0 Å². The lowest BCUT2D eigenvalue weighted by Gasteiger charge is -2.32. The molecule has 0 fully saturated rings. The molecule has 0 radical (unpaired) electrons. The van der Waals surface area contributed by atoms with Crippen LogP contribution in [0.25, 0.3) is 0 Å². The molecule has 0 aliphatic carbocycles. The molecule has 0 bridgehead atoms. The van der Waals surface area contributed by atoms with Gasteiger partial charge in [-0.2, -0.15) is 0 Å². The van der Waals surface area contributed by atoms with Gasteiger partial charge in [0, 0.05) is 5.56 Å². The molecule has 0 aromatic heterocycles. The number of carbonyl (C=O) groups is 1. The van der Waals surface area contributed by atoms with Crippen molar-refractivity contribution in [3.8, 4) is 0 Å². The van der Waals surface area contributed by atoms with E-state index in [-0.39, 0.29) is 5.56 Å². The molecule has 3 rings (SSSR count). The van der Waals surface area contributed by atoms with Crippen LogP contribution in [-0.2, 0) is 10.2 Å². The second-order valence-corrected chi connectivity index (χ2v) is 5.33. The molecular formula is C20H16FNO. The number of nitrogens with two attached hydrogens (primary N) is 1. The van der Waals surface area contributed by atoms with Gasteiger partial charge in [-0.1, -0.05) is 78.9 Å². The quantitative estimate of drug-likeness (QED) is 0.735. The van der Waals surface area contributed by atoms with Crippen LogP contribution in [0.15, 0.2) is 84.9 Å². The first kappa shape index (κ1) is 15.0. The van der Waals surface area contributed by atoms with E-state index in [2.05, 4.69) is 0 Å². The van der Waals surface area contributed by atoms with Crippen LogP contribution in [0, 0.1) is 5.82 Å². The molecule has 0 spiro atoms. The van der Waals surface area contributed by atoms with Gasteiger partial charge in [-0.15, -0.1) is 0 Å². The SMILES string of the molecule is NC(=O)C(c1ccccc1)(c1ccccc1)c1ccccc1F. The van der Waals surface area contributed by atoms with E-state index >= 15 is 0 Å². The van der Waals surface area contributed by atoms with Crippen molar-refractivity contribution >= 4 is 5.91 Å². The Balaban J connectivity index is 2.42. The number of benzene rings is 3. The Morgan fingerprint density at radius 2 is 1.17 bits per heavy atom. The van der Waals surface area contributed by atoms with Crippen molar-refractivity contribution in [2.75, 3.05) is 0 Å². The lowest BCUT2D eigenvalue weighted by Crippen LogP contribution is -2.44. The van der Waals surface area contributed by atoms with Crippen LogP contribution in [0.5, 0.6) is 0 Å². The van der Waals surface area contributed by atoms with Crippen molar-refractivity contribution < 1.29 is 9.18 Å². The first-order valence-corrected chi connectivity index (χ1v) is 7.33. The highest BCUT2D eigenvalue weighted by Crippen LogP contribution is 2.40. The summed E-state index contributed by atoms with van der Waals surface area (Å²) < 4.78 is 14.6. The van der Waals surface area contributed by atoms with Gasteiger partial charge in [0.25, 0.3) is 0 Å². The largest absolute Gasteiger partial charge is 0.368 e. The summed E-state index contributed by atoms with van der Waals surface area (Å²) in [6.07, 6.45) is 0. The average Bonchev–Trinajstić information content (AvgIpc) is 2.59. The molecule has 0 unspecified atom stereocenters. The fourth-order valence-electron chi connectivity index (χ4n) is 3.04. The molecule has 3 aromatic rings. The third-order valence-electron chi connectivity index (χ3n) is 4.06. The Labute approximate surface area is 134 Å². The van der Waals surface area contributed by atoms with E-state index in [1.807, 2.05) is 36.4 Å². The Morgan fingerprint density at radius 3 is 1.61 bits per heavy atom. The molecular weight excluding hydrogens is 289 g/mol. The summed E-state index contributed by atoms with van der Waals surface area (Å²) in [5, 5.41) is 0. The Morgan fingerprint density at radius 1 is 0.739 bits per heavy atom. The van der Waals surface area contributed by atoms with E-state index in [9.17, 15) is 9.18 Å². The summed E-state index contributed by atoms with van der Waals surface area (Å²) in [6.45, 7) is 0. The molecule has 0 saturated carbocycles. The van der Waals surface area contributed by atoms with Crippen molar-refractivity contribution in [2.24, 2.45) is 5.73 Å². The molecule has 0 heterocycles. The maximum Gasteiger partial charge on any atom is 0.237 e. The van der Waals surface area contributed by atoms with Gasteiger partial charge in [0.1, 0.15) is 11.2 Å². The second-order valence-electron chi connectivity index (χ2n) is 5.33. The predicted octanol–water partition coefficient (Wildman–Crippen LogP) is 3.65. The van der Waals surface area contributed by atoms with E-state index in [1.165, 1.54) is 6.07 Å². The van der Waals surface area contributed by atoms with Gasteiger partial charge >= 0.3 is 0 Å². The first-order valence-electron chi connectivity index (χ1n) is 7.33. The fraction of sp³-hybridized carbons (Fsp3) is 0.0500. The van der Waals surface area contributed by atoms with Crippen molar-refractivity contribution in [3.63, 3.8) is 0 Å². The van der Waals surface area contributed by atoms with Crippen LogP contribution in [0.2, 0.25) is 0 Å². The van der Waals surface area contributed by atoms with Crippen LogP contribution >= 0.6 is 0 Å². The Hall–Kier alpha value is -2.94. The van der Waals surface area contributed by atoms with Crippen molar-refractivity contribution in [3.05, 3.63) is 107 Å². The van der Waals surface area contributed by atoms with Gasteiger partial charge in [-0.25, -0.2) is 4.39 Å². The maximum atomic E-state index is 14.6. The molecule has 0 saturated heterocycles. The lowest BCUT2D eigenvalue weighted by atomic mass is 9.68. The van der Waals surface area contributed by atoms with Gasteiger partial charge in [-0.3, -0.25) is 4.79 Å². The Kier molecular flexibility index (Phi) is 3.94. The molecule has 0 aliphatic heterocycles. The zero-order valence-electron chi connectivity index (χ0n) is 12.4. The first-order chi connectivity index (χ1) is 11.2. The summed E-state index contributed by atoms with van der Waals surface area (Å²) in [6, 6.07) is 24.4. The number of primary amides is 1. The van der Waals surface area contributed by atoms with Crippen LogP contribution in [0.1, 0.15) is 16.7 Å². The number of amides is 1. The monoisotopic (exact) mass is 305 g/mol. The lowest BCUT2D eigenvalue weighted by molar-refractivity contribution is -0.121. The molecule has 2 N–H and O–H groups in total. The molecule has 2 nitrogen and oxygen atoms in total. The highest BCUT2D eigenvalue weighted by atomic mass is 19.1. The zero-order valence-corrected chi connectivity index (χ0v) is 12.4. The molecule has 0 aliphatic rings. The normalized spacial score (nSPS) is 11.2. The summed E-state index contributed by atoms with van der Waals surface area (Å²) in [4.78, 5) is 12.6. The van der Waals surface area contributed by atoms with Crippen LogP contribution < -0.4 is 5.73 Å². The van der Waals surface area contributed by atoms with Gasteiger partial charge < -0.3 is 5.73 Å². The fourth-order valence-corrected chi connectivity index (χ4v) is 3.04. The van der Waals surface area contributed by atoms with Crippen molar-refractivity contribution in [2.45, 2.75) is 5.41 Å². The highest BCUT2D eigenvalue weighted by molar-refractivity contribution is 5.95. The van der Waals surface area contributed by atoms with E-state index in [0.29, 0.717) is 11.1 Å². The Bertz CT molecular complexity index is 776. The minimum Gasteiger partial charge on any atom is -0.368 e. The number of halogens is 1. The van der Waals surface area contributed by atoms with E-state index < -0.39 is 17.1 Å². The van der Waals surface area contributed by atoms with E-state index in [1.54, 1.807) is 42.5 Å². The maximum absolute atomic E-state index is 14.6. The smallest absolute Gasteiger partial charge is 0.237 e. The molecule has 0 atom stereocenters. The van der Waals surface area contributed by atoms with Crippen molar-refractivity contribution in [1.82, 2.24) is 0 Å².